The van der Waals surface area contributed by atoms with Crippen LogP contribution in [0.4, 0.5) is 0 Å². The monoisotopic (exact) mass is 251 g/mol. The molecule has 0 bridgehead atoms. The second-order valence-corrected chi connectivity index (χ2v) is 4.35. The highest BCUT2D eigenvalue weighted by Crippen LogP contribution is 2.29. The lowest BCUT2D eigenvalue weighted by molar-refractivity contribution is 0.576. The van der Waals surface area contributed by atoms with E-state index in [9.17, 15) is 0 Å². The van der Waals surface area contributed by atoms with E-state index in [0.717, 1.165) is 19.3 Å². The number of halogens is 3. The summed E-state index contributed by atoms with van der Waals surface area (Å²) < 4.78 is 0. The van der Waals surface area contributed by atoms with Crippen molar-refractivity contribution in [3.05, 3.63) is 33.3 Å². The first-order valence-electron chi connectivity index (χ1n) is 4.39. The van der Waals surface area contributed by atoms with E-state index in [0.29, 0.717) is 10.0 Å². The van der Waals surface area contributed by atoms with E-state index in [1.807, 2.05) is 12.1 Å². The van der Waals surface area contributed by atoms with Crippen LogP contribution in [0.25, 0.3) is 0 Å². The lowest BCUT2D eigenvalue weighted by atomic mass is 9.89. The summed E-state index contributed by atoms with van der Waals surface area (Å²) in [6.45, 7) is 0. The van der Waals surface area contributed by atoms with Gasteiger partial charge in [-0.1, -0.05) is 23.2 Å². The van der Waals surface area contributed by atoms with Gasteiger partial charge in [-0.25, -0.2) is 0 Å². The summed E-state index contributed by atoms with van der Waals surface area (Å²) in [5.74, 6) is 0. The molecule has 1 aromatic rings. The Balaban J connectivity index is 0.000000980. The minimum absolute atomic E-state index is 0. The SMILES string of the molecule is Cl.N[C@H]1CCc2cc(Cl)c(Cl)cc2C1. The minimum Gasteiger partial charge on any atom is -0.327 e. The molecule has 0 radical (unpaired) electrons. The van der Waals surface area contributed by atoms with Crippen molar-refractivity contribution < 1.29 is 0 Å². The van der Waals surface area contributed by atoms with Crippen molar-refractivity contribution in [1.29, 1.82) is 0 Å². The van der Waals surface area contributed by atoms with Gasteiger partial charge in [0.15, 0.2) is 0 Å². The van der Waals surface area contributed by atoms with Crippen LogP contribution in [-0.4, -0.2) is 6.04 Å². The molecule has 14 heavy (non-hydrogen) atoms. The Morgan fingerprint density at radius 1 is 1.14 bits per heavy atom. The summed E-state index contributed by atoms with van der Waals surface area (Å²) in [6.07, 6.45) is 2.99. The van der Waals surface area contributed by atoms with Crippen molar-refractivity contribution in [3.63, 3.8) is 0 Å². The van der Waals surface area contributed by atoms with Crippen molar-refractivity contribution in [1.82, 2.24) is 0 Å². The highest BCUT2D eigenvalue weighted by molar-refractivity contribution is 6.42. The predicted octanol–water partition coefficient (Wildman–Crippen LogP) is 3.23. The molecule has 0 amide bonds. The topological polar surface area (TPSA) is 26.0 Å². The molecule has 1 nitrogen and oxygen atoms in total. The van der Waals surface area contributed by atoms with Crippen molar-refractivity contribution >= 4 is 35.6 Å². The third-order valence-electron chi connectivity index (χ3n) is 2.51. The molecule has 0 saturated carbocycles. The molecule has 1 aliphatic carbocycles. The van der Waals surface area contributed by atoms with Gasteiger partial charge in [0.2, 0.25) is 0 Å². The van der Waals surface area contributed by atoms with Crippen LogP contribution in [0.5, 0.6) is 0 Å². The fourth-order valence-corrected chi connectivity index (χ4v) is 2.15. The Hall–Kier alpha value is 0.0500. The largest absolute Gasteiger partial charge is 0.327 e. The number of hydrogen-bond acceptors (Lipinski definition) is 1. The molecule has 2 rings (SSSR count). The number of nitrogens with two attached hydrogens (primary N) is 1. The van der Waals surface area contributed by atoms with Crippen LogP contribution >= 0.6 is 35.6 Å². The van der Waals surface area contributed by atoms with E-state index < -0.39 is 0 Å². The van der Waals surface area contributed by atoms with Gasteiger partial charge < -0.3 is 5.73 Å². The van der Waals surface area contributed by atoms with E-state index in [1.165, 1.54) is 11.1 Å². The Morgan fingerprint density at radius 2 is 1.71 bits per heavy atom. The van der Waals surface area contributed by atoms with E-state index >= 15 is 0 Å². The second kappa shape index (κ2) is 4.71. The predicted molar refractivity (Wildman–Crippen MR) is 63.7 cm³/mol. The molecule has 0 heterocycles. The van der Waals surface area contributed by atoms with Crippen LogP contribution in [0.3, 0.4) is 0 Å². The molecule has 0 spiro atoms. The quantitative estimate of drug-likeness (QED) is 0.754. The van der Waals surface area contributed by atoms with Crippen molar-refractivity contribution in [2.75, 3.05) is 0 Å². The normalized spacial score (nSPS) is 19.8. The number of rotatable bonds is 0. The highest BCUT2D eigenvalue weighted by atomic mass is 35.5. The summed E-state index contributed by atoms with van der Waals surface area (Å²) in [5, 5.41) is 1.28. The van der Waals surface area contributed by atoms with Gasteiger partial charge in [-0.2, -0.15) is 0 Å². The van der Waals surface area contributed by atoms with Crippen LogP contribution in [0, 0.1) is 0 Å². The molecule has 4 heteroatoms. The number of fused-ring (bicyclic) bond motifs is 1. The molecule has 1 atom stereocenters. The van der Waals surface area contributed by atoms with Crippen LogP contribution in [0.2, 0.25) is 10.0 Å². The summed E-state index contributed by atoms with van der Waals surface area (Å²) in [4.78, 5) is 0. The Kier molecular flexibility index (Phi) is 4.08. The van der Waals surface area contributed by atoms with E-state index in [1.54, 1.807) is 0 Å². The third-order valence-corrected chi connectivity index (χ3v) is 3.23. The average molecular weight is 253 g/mol. The molecule has 0 unspecified atom stereocenters. The first-order chi connectivity index (χ1) is 6.16. The highest BCUT2D eigenvalue weighted by Gasteiger charge is 2.16. The van der Waals surface area contributed by atoms with Gasteiger partial charge in [0, 0.05) is 6.04 Å². The average Bonchev–Trinajstić information content (AvgIpc) is 2.08. The molecule has 1 aromatic carbocycles. The van der Waals surface area contributed by atoms with Crippen molar-refractivity contribution in [2.24, 2.45) is 5.73 Å². The second-order valence-electron chi connectivity index (χ2n) is 3.54. The van der Waals surface area contributed by atoms with E-state index in [-0.39, 0.29) is 18.4 Å². The first-order valence-corrected chi connectivity index (χ1v) is 5.15. The van der Waals surface area contributed by atoms with Gasteiger partial charge in [0.1, 0.15) is 0 Å². The molecule has 0 fully saturated rings. The number of hydrogen-bond donors (Lipinski definition) is 1. The zero-order valence-corrected chi connectivity index (χ0v) is 9.92. The van der Waals surface area contributed by atoms with Gasteiger partial charge >= 0.3 is 0 Å². The Bertz CT molecular complexity index is 338. The standard InChI is InChI=1S/C10H11Cl2N.ClH/c11-9-4-6-1-2-8(13)3-7(6)5-10(9)12;/h4-5,8H,1-3,13H2;1H/t8-;/m0./s1. The van der Waals surface area contributed by atoms with Crippen LogP contribution < -0.4 is 5.73 Å². The van der Waals surface area contributed by atoms with Gasteiger partial charge in [0.25, 0.3) is 0 Å². The smallest absolute Gasteiger partial charge is 0.0595 e. The molecule has 78 valence electrons. The fraction of sp³-hybridized carbons (Fsp3) is 0.400. The fourth-order valence-electron chi connectivity index (χ4n) is 1.78. The minimum atomic E-state index is 0. The summed E-state index contributed by atoms with van der Waals surface area (Å²) in [5.41, 5.74) is 8.42. The molecule has 0 aromatic heterocycles. The molecule has 1 aliphatic rings. The summed E-state index contributed by atoms with van der Waals surface area (Å²) in [7, 11) is 0. The molecule has 0 saturated heterocycles. The number of aryl methyl sites for hydroxylation is 1. The first kappa shape index (κ1) is 12.1. The Labute approximate surface area is 100.0 Å². The molecular formula is C10H12Cl3N. The van der Waals surface area contributed by atoms with Gasteiger partial charge in [-0.3, -0.25) is 0 Å². The third kappa shape index (κ3) is 2.34. The zero-order valence-electron chi connectivity index (χ0n) is 7.59. The Morgan fingerprint density at radius 3 is 2.36 bits per heavy atom. The lowest BCUT2D eigenvalue weighted by Gasteiger charge is -2.21. The van der Waals surface area contributed by atoms with Crippen molar-refractivity contribution in [3.8, 4) is 0 Å². The zero-order chi connectivity index (χ0) is 9.42. The van der Waals surface area contributed by atoms with Gasteiger partial charge in [-0.05, 0) is 42.5 Å². The molecular weight excluding hydrogens is 240 g/mol. The van der Waals surface area contributed by atoms with Crippen LogP contribution in [0.1, 0.15) is 17.5 Å². The maximum atomic E-state index is 5.92. The van der Waals surface area contributed by atoms with Crippen LogP contribution in [0.15, 0.2) is 12.1 Å². The molecule has 2 N–H and O–H groups in total. The number of benzene rings is 1. The van der Waals surface area contributed by atoms with Gasteiger partial charge in [-0.15, -0.1) is 12.4 Å². The summed E-state index contributed by atoms with van der Waals surface area (Å²) in [6, 6.07) is 4.19. The van der Waals surface area contributed by atoms with Crippen molar-refractivity contribution in [2.45, 2.75) is 25.3 Å². The van der Waals surface area contributed by atoms with Crippen LogP contribution in [-0.2, 0) is 12.8 Å². The van der Waals surface area contributed by atoms with Gasteiger partial charge in [0.05, 0.1) is 10.0 Å². The maximum Gasteiger partial charge on any atom is 0.0595 e. The molecule has 0 aliphatic heterocycles. The lowest BCUT2D eigenvalue weighted by Crippen LogP contribution is -2.27. The van der Waals surface area contributed by atoms with E-state index in [4.69, 9.17) is 28.9 Å². The van der Waals surface area contributed by atoms with E-state index in [2.05, 4.69) is 0 Å². The summed E-state index contributed by atoms with van der Waals surface area (Å²) >= 11 is 11.8. The maximum absolute atomic E-state index is 5.92.